The molecule has 1 aliphatic carbocycles. The fourth-order valence-corrected chi connectivity index (χ4v) is 6.66. The van der Waals surface area contributed by atoms with Gasteiger partial charge in [-0.3, -0.25) is 9.59 Å². The second-order valence-electron chi connectivity index (χ2n) is 8.96. The third-order valence-electron chi connectivity index (χ3n) is 7.79. The van der Waals surface area contributed by atoms with Gasteiger partial charge in [-0.1, -0.05) is 29.8 Å². The summed E-state index contributed by atoms with van der Waals surface area (Å²) in [4.78, 5) is 31.1. The summed E-state index contributed by atoms with van der Waals surface area (Å²) in [5.74, 6) is -0.152. The molecule has 7 rings (SSSR count). The van der Waals surface area contributed by atoms with Gasteiger partial charge in [-0.2, -0.15) is 0 Å². The molecule has 1 amide bonds. The van der Waals surface area contributed by atoms with E-state index in [1.807, 2.05) is 24.3 Å². The molecule has 6 unspecified atom stereocenters. The monoisotopic (exact) mass is 380 g/mol. The van der Waals surface area contributed by atoms with Gasteiger partial charge < -0.3 is 19.6 Å². The van der Waals surface area contributed by atoms with Crippen LogP contribution in [-0.2, 0) is 19.7 Å². The van der Waals surface area contributed by atoms with Gasteiger partial charge in [-0.15, -0.1) is 0 Å². The molecule has 1 N–H and O–H groups in total. The van der Waals surface area contributed by atoms with Gasteiger partial charge in [0.05, 0.1) is 24.2 Å². The van der Waals surface area contributed by atoms with Crippen LogP contribution >= 0.6 is 0 Å². The van der Waals surface area contributed by atoms with Crippen molar-refractivity contribution in [3.63, 3.8) is 0 Å². The number of fused-ring (bicyclic) bond motifs is 6. The third-order valence-corrected chi connectivity index (χ3v) is 7.79. The minimum absolute atomic E-state index is 0.0123. The molecule has 3 saturated heterocycles. The lowest BCUT2D eigenvalue weighted by molar-refractivity contribution is -0.156. The zero-order chi connectivity index (χ0) is 19.2. The summed E-state index contributed by atoms with van der Waals surface area (Å²) < 4.78 is 6.06. The number of rotatable bonds is 0. The Kier molecular flexibility index (Phi) is 3.33. The average Bonchev–Trinajstić information content (AvgIpc) is 2.92. The number of piperidine rings is 1. The number of ether oxygens (including phenoxy) is 1. The van der Waals surface area contributed by atoms with E-state index in [1.165, 1.54) is 5.57 Å². The highest BCUT2D eigenvalue weighted by Crippen LogP contribution is 2.60. The second kappa shape index (κ2) is 5.53. The maximum atomic E-state index is 13.8. The molecule has 1 aromatic rings. The number of carbonyl (C=O) groups excluding carboxylic acids is 2. The highest BCUT2D eigenvalue weighted by molar-refractivity contribution is 6.07. The summed E-state index contributed by atoms with van der Waals surface area (Å²) in [5.41, 5.74) is 2.26. The Balaban J connectivity index is 1.67. The van der Waals surface area contributed by atoms with E-state index in [2.05, 4.69) is 18.0 Å². The maximum absolute atomic E-state index is 13.8. The minimum Gasteiger partial charge on any atom is -0.380 e. The molecule has 6 atom stereocenters. The number of ketones is 1. The molecule has 1 aromatic carbocycles. The standard InChI is InChI=1S/C22H24N2O4/c1-23-8-7-22-14-4-2-3-5-15(14)24-20(22)17-13(10-16(22)25)12(11-23)6-9-28-19(17)18(26)21(24)27/h2-6,13,17-20,26H,7-11H2,1H3. The zero-order valence-corrected chi connectivity index (χ0v) is 15.9. The molecular formula is C22H24N2O4. The first-order valence-corrected chi connectivity index (χ1v) is 10.2. The number of anilines is 1. The number of benzene rings is 1. The summed E-state index contributed by atoms with van der Waals surface area (Å²) in [6.45, 7) is 1.98. The van der Waals surface area contributed by atoms with Crippen LogP contribution in [0, 0.1) is 11.8 Å². The van der Waals surface area contributed by atoms with E-state index >= 15 is 0 Å². The molecule has 0 radical (unpaired) electrons. The van der Waals surface area contributed by atoms with E-state index in [4.69, 9.17) is 4.74 Å². The van der Waals surface area contributed by atoms with Gasteiger partial charge in [0.1, 0.15) is 5.78 Å². The highest BCUT2D eigenvalue weighted by atomic mass is 16.5. The summed E-state index contributed by atoms with van der Waals surface area (Å²) in [7, 11) is 2.10. The van der Waals surface area contributed by atoms with E-state index in [0.717, 1.165) is 24.3 Å². The Morgan fingerprint density at radius 1 is 1.25 bits per heavy atom. The highest BCUT2D eigenvalue weighted by Gasteiger charge is 2.69. The topological polar surface area (TPSA) is 70.1 Å². The van der Waals surface area contributed by atoms with Crippen molar-refractivity contribution in [2.24, 2.45) is 11.8 Å². The van der Waals surface area contributed by atoms with Crippen LogP contribution in [0.1, 0.15) is 18.4 Å². The normalized spacial score (nSPS) is 41.7. The Hall–Kier alpha value is -2.02. The first kappa shape index (κ1) is 16.9. The first-order valence-electron chi connectivity index (χ1n) is 10.2. The molecule has 4 bridgehead atoms. The summed E-state index contributed by atoms with van der Waals surface area (Å²) in [6, 6.07) is 7.52. The van der Waals surface area contributed by atoms with E-state index in [0.29, 0.717) is 19.4 Å². The van der Waals surface area contributed by atoms with Crippen molar-refractivity contribution < 1.29 is 19.4 Å². The van der Waals surface area contributed by atoms with E-state index in [1.54, 1.807) is 4.90 Å². The lowest BCUT2D eigenvalue weighted by Gasteiger charge is -2.54. The second-order valence-corrected chi connectivity index (χ2v) is 8.96. The molecule has 6 nitrogen and oxygen atoms in total. The number of Topliss-reactive ketones (excluding diaryl/α,β-unsaturated/α-hetero) is 1. The lowest BCUT2D eigenvalue weighted by atomic mass is 9.55. The molecule has 6 aliphatic rings. The Labute approximate surface area is 163 Å². The van der Waals surface area contributed by atoms with Crippen LogP contribution < -0.4 is 4.90 Å². The SMILES string of the molecule is CN1CCC23C(=O)CC4C(=CCOC5C(O)C(=O)N(c6ccccc62)C3C45)C1. The Morgan fingerprint density at radius 3 is 2.93 bits per heavy atom. The quantitative estimate of drug-likeness (QED) is 0.677. The molecule has 1 spiro atoms. The molecule has 5 heterocycles. The molecule has 6 heteroatoms. The van der Waals surface area contributed by atoms with Crippen molar-refractivity contribution in [2.75, 3.05) is 31.6 Å². The van der Waals surface area contributed by atoms with E-state index in [-0.39, 0.29) is 29.6 Å². The Morgan fingerprint density at radius 2 is 2.07 bits per heavy atom. The largest absolute Gasteiger partial charge is 0.380 e. The molecular weight excluding hydrogens is 356 g/mol. The molecule has 0 aromatic heterocycles. The van der Waals surface area contributed by atoms with Crippen LogP contribution in [0.4, 0.5) is 5.69 Å². The van der Waals surface area contributed by atoms with Crippen molar-refractivity contribution in [3.8, 4) is 0 Å². The van der Waals surface area contributed by atoms with Crippen molar-refractivity contribution in [2.45, 2.75) is 36.5 Å². The number of aliphatic hydroxyl groups is 1. The van der Waals surface area contributed by atoms with Crippen molar-refractivity contribution in [1.29, 1.82) is 0 Å². The van der Waals surface area contributed by atoms with Gasteiger partial charge in [0, 0.05) is 24.6 Å². The lowest BCUT2D eigenvalue weighted by Crippen LogP contribution is -2.70. The summed E-state index contributed by atoms with van der Waals surface area (Å²) >= 11 is 0. The van der Waals surface area contributed by atoms with Crippen LogP contribution in [0.3, 0.4) is 0 Å². The fraction of sp³-hybridized carbons (Fsp3) is 0.545. The number of hydrogen-bond acceptors (Lipinski definition) is 5. The van der Waals surface area contributed by atoms with Gasteiger partial charge >= 0.3 is 0 Å². The predicted octanol–water partition coefficient (Wildman–Crippen LogP) is 0.880. The zero-order valence-electron chi connectivity index (χ0n) is 15.9. The number of aliphatic hydroxyl groups excluding tert-OH is 1. The Bertz CT molecular complexity index is 927. The number of amides is 1. The number of carbonyl (C=O) groups is 2. The van der Waals surface area contributed by atoms with Crippen LogP contribution in [-0.4, -0.2) is 66.7 Å². The maximum Gasteiger partial charge on any atom is 0.258 e. The van der Waals surface area contributed by atoms with Gasteiger partial charge in [0.25, 0.3) is 5.91 Å². The van der Waals surface area contributed by atoms with Crippen molar-refractivity contribution >= 4 is 17.4 Å². The number of para-hydroxylation sites is 1. The third kappa shape index (κ3) is 1.84. The average molecular weight is 380 g/mol. The molecule has 1 saturated carbocycles. The number of nitrogens with zero attached hydrogens (tertiary/aromatic N) is 2. The molecule has 28 heavy (non-hydrogen) atoms. The fourth-order valence-electron chi connectivity index (χ4n) is 6.66. The van der Waals surface area contributed by atoms with Gasteiger partial charge in [-0.25, -0.2) is 0 Å². The van der Waals surface area contributed by atoms with Gasteiger partial charge in [0.15, 0.2) is 6.10 Å². The van der Waals surface area contributed by atoms with E-state index < -0.39 is 17.6 Å². The summed E-state index contributed by atoms with van der Waals surface area (Å²) in [5, 5.41) is 10.9. The number of likely N-dealkylation sites (N-methyl/N-ethyl adjacent to an activating group) is 1. The van der Waals surface area contributed by atoms with Crippen molar-refractivity contribution in [3.05, 3.63) is 41.5 Å². The van der Waals surface area contributed by atoms with Crippen LogP contribution in [0.25, 0.3) is 0 Å². The predicted molar refractivity (Wildman–Crippen MR) is 102 cm³/mol. The van der Waals surface area contributed by atoms with Crippen LogP contribution in [0.2, 0.25) is 0 Å². The van der Waals surface area contributed by atoms with Crippen molar-refractivity contribution in [1.82, 2.24) is 4.90 Å². The minimum atomic E-state index is -1.19. The first-order chi connectivity index (χ1) is 13.5. The molecule has 4 fully saturated rings. The smallest absolute Gasteiger partial charge is 0.258 e. The van der Waals surface area contributed by atoms with Gasteiger partial charge in [0.2, 0.25) is 0 Å². The van der Waals surface area contributed by atoms with Crippen LogP contribution in [0.15, 0.2) is 35.9 Å². The molecule has 5 aliphatic heterocycles. The van der Waals surface area contributed by atoms with Crippen LogP contribution in [0.5, 0.6) is 0 Å². The summed E-state index contributed by atoms with van der Waals surface area (Å²) in [6.07, 6.45) is 1.48. The number of hydrogen-bond donors (Lipinski definition) is 1. The van der Waals surface area contributed by atoms with Gasteiger partial charge in [-0.05, 0) is 37.6 Å². The van der Waals surface area contributed by atoms with E-state index in [9.17, 15) is 14.7 Å². The molecule has 146 valence electrons.